The molecule has 0 aliphatic heterocycles. The van der Waals surface area contributed by atoms with Gasteiger partial charge in [-0.2, -0.15) is 0 Å². The van der Waals surface area contributed by atoms with Crippen LogP contribution in [0.5, 0.6) is 5.75 Å². The third-order valence-electron chi connectivity index (χ3n) is 5.01. The van der Waals surface area contributed by atoms with E-state index in [1.54, 1.807) is 0 Å². The van der Waals surface area contributed by atoms with Gasteiger partial charge in [0.1, 0.15) is 17.6 Å². The van der Waals surface area contributed by atoms with Gasteiger partial charge in [-0.25, -0.2) is 4.98 Å². The molecule has 7 nitrogen and oxygen atoms in total. The highest BCUT2D eigenvalue weighted by Crippen LogP contribution is 2.29. The van der Waals surface area contributed by atoms with Crippen LogP contribution in [0, 0.1) is 5.92 Å². The number of nitrogens with one attached hydrogen (secondary N) is 2. The van der Waals surface area contributed by atoms with Gasteiger partial charge in [-0.05, 0) is 42.9 Å². The molecule has 0 radical (unpaired) electrons. The van der Waals surface area contributed by atoms with Crippen LogP contribution in [-0.4, -0.2) is 33.7 Å². The number of aromatic amines is 1. The maximum absolute atomic E-state index is 12.6. The minimum atomic E-state index is -0.873. The Bertz CT molecular complexity index is 921. The molecule has 3 N–H and O–H groups in total. The number of hydrogen-bond donors (Lipinski definition) is 3. The lowest BCUT2D eigenvalue weighted by Gasteiger charge is -2.19. The molecule has 1 heterocycles. The normalized spacial score (nSPS) is 12.2. The van der Waals surface area contributed by atoms with Crippen LogP contribution in [-0.2, 0) is 24.2 Å². The van der Waals surface area contributed by atoms with Crippen molar-refractivity contribution in [3.05, 3.63) is 45.4 Å². The molecule has 0 bridgehead atoms. The van der Waals surface area contributed by atoms with Crippen LogP contribution in [0.4, 0.5) is 0 Å². The molecule has 1 unspecified atom stereocenters. The number of rotatable bonds is 11. The van der Waals surface area contributed by atoms with Crippen molar-refractivity contribution in [3.63, 3.8) is 0 Å². The van der Waals surface area contributed by atoms with E-state index in [9.17, 15) is 14.7 Å². The van der Waals surface area contributed by atoms with Crippen LogP contribution in [0.25, 0.3) is 11.4 Å². The van der Waals surface area contributed by atoms with Crippen molar-refractivity contribution in [3.8, 4) is 17.1 Å². The zero-order valence-corrected chi connectivity index (χ0v) is 18.5. The van der Waals surface area contributed by atoms with Crippen LogP contribution < -0.4 is 15.6 Å². The summed E-state index contributed by atoms with van der Waals surface area (Å²) in [5.41, 5.74) is 2.95. The average molecular weight is 416 g/mol. The van der Waals surface area contributed by atoms with E-state index in [2.05, 4.69) is 10.3 Å². The Hall–Kier alpha value is -2.67. The Kier molecular flexibility index (Phi) is 8.59. The molecule has 1 aromatic heterocycles. The summed E-state index contributed by atoms with van der Waals surface area (Å²) in [4.78, 5) is 31.7. The van der Waals surface area contributed by atoms with Gasteiger partial charge in [-0.15, -0.1) is 0 Å². The summed E-state index contributed by atoms with van der Waals surface area (Å²) in [5, 5.41) is 12.5. The molecule has 0 amide bonds. The predicted octanol–water partition coefficient (Wildman–Crippen LogP) is 3.55. The largest absolute Gasteiger partial charge is 0.493 e. The van der Waals surface area contributed by atoms with Gasteiger partial charge in [-0.1, -0.05) is 40.7 Å². The van der Waals surface area contributed by atoms with Crippen LogP contribution in [0.15, 0.2) is 23.0 Å². The molecule has 0 spiro atoms. The first kappa shape index (κ1) is 23.6. The number of aliphatic carboxylic acids is 1. The summed E-state index contributed by atoms with van der Waals surface area (Å²) < 4.78 is 5.89. The molecule has 2 rings (SSSR count). The molecule has 0 saturated heterocycles. The first-order valence-electron chi connectivity index (χ1n) is 10.7. The number of aryl methyl sites for hydroxylation is 1. The van der Waals surface area contributed by atoms with E-state index >= 15 is 0 Å². The molecule has 164 valence electrons. The average Bonchev–Trinajstić information content (AvgIpc) is 2.71. The van der Waals surface area contributed by atoms with Crippen molar-refractivity contribution in [1.29, 1.82) is 0 Å². The Morgan fingerprint density at radius 2 is 1.97 bits per heavy atom. The van der Waals surface area contributed by atoms with E-state index in [4.69, 9.17) is 9.72 Å². The highest BCUT2D eigenvalue weighted by atomic mass is 16.5. The third-order valence-corrected chi connectivity index (χ3v) is 5.01. The first-order chi connectivity index (χ1) is 14.3. The van der Waals surface area contributed by atoms with E-state index < -0.39 is 12.0 Å². The van der Waals surface area contributed by atoms with E-state index in [0.29, 0.717) is 48.7 Å². The van der Waals surface area contributed by atoms with Gasteiger partial charge < -0.3 is 20.1 Å². The lowest BCUT2D eigenvalue weighted by Crippen LogP contribution is -2.40. The number of carbonyl (C=O) groups is 1. The molecule has 2 aromatic rings. The molecular weight excluding hydrogens is 382 g/mol. The number of carboxylic acids is 1. The lowest BCUT2D eigenvalue weighted by atomic mass is 10.0. The fraction of sp³-hybridized carbons (Fsp3) is 0.522. The van der Waals surface area contributed by atoms with Gasteiger partial charge in [0.15, 0.2) is 0 Å². The van der Waals surface area contributed by atoms with Crippen molar-refractivity contribution in [1.82, 2.24) is 15.3 Å². The number of ether oxygens (including phenoxy) is 1. The number of hydrogen-bond acceptors (Lipinski definition) is 5. The maximum atomic E-state index is 12.6. The van der Waals surface area contributed by atoms with Gasteiger partial charge in [0.05, 0.1) is 17.9 Å². The summed E-state index contributed by atoms with van der Waals surface area (Å²) in [6.07, 6.45) is 2.15. The first-order valence-corrected chi connectivity index (χ1v) is 10.7. The fourth-order valence-corrected chi connectivity index (χ4v) is 3.38. The van der Waals surface area contributed by atoms with E-state index in [-0.39, 0.29) is 11.5 Å². The summed E-state index contributed by atoms with van der Waals surface area (Å²) in [7, 11) is 0. The number of benzene rings is 1. The van der Waals surface area contributed by atoms with Crippen molar-refractivity contribution in [2.24, 2.45) is 5.92 Å². The molecule has 0 aliphatic rings. The SMILES string of the molecule is CCCOc1ccc(CNC(C(=O)O)C(C)C)cc1-c1nc(CC)c(CC)c(=O)[nH]1. The monoisotopic (exact) mass is 415 g/mol. The second-order valence-corrected chi connectivity index (χ2v) is 7.67. The van der Waals surface area contributed by atoms with Gasteiger partial charge in [0.25, 0.3) is 5.56 Å². The number of nitrogens with zero attached hydrogens (tertiary/aromatic N) is 1. The zero-order chi connectivity index (χ0) is 22.3. The standard InChI is InChI=1S/C23H33N3O4/c1-6-11-30-19-10-9-15(13-24-20(14(4)5)23(28)29)12-17(19)21-25-18(8-3)16(7-2)22(27)26-21/h9-10,12,14,20,24H,6-8,11,13H2,1-5H3,(H,28,29)(H,25,26,27). The molecule has 0 saturated carbocycles. The maximum Gasteiger partial charge on any atom is 0.320 e. The fourth-order valence-electron chi connectivity index (χ4n) is 3.38. The summed E-state index contributed by atoms with van der Waals surface area (Å²) in [6, 6.07) is 5.02. The summed E-state index contributed by atoms with van der Waals surface area (Å²) in [5.74, 6) is 0.206. The Morgan fingerprint density at radius 1 is 1.23 bits per heavy atom. The number of carboxylic acid groups (broad SMARTS) is 1. The number of H-pyrrole nitrogens is 1. The molecule has 1 atom stereocenters. The molecule has 0 aliphatic carbocycles. The van der Waals surface area contributed by atoms with Crippen LogP contribution in [0.3, 0.4) is 0 Å². The smallest absolute Gasteiger partial charge is 0.320 e. The molecule has 30 heavy (non-hydrogen) atoms. The summed E-state index contributed by atoms with van der Waals surface area (Å²) in [6.45, 7) is 10.6. The van der Waals surface area contributed by atoms with E-state index in [1.807, 2.05) is 52.8 Å². The van der Waals surface area contributed by atoms with Crippen molar-refractivity contribution in [2.75, 3.05) is 6.61 Å². The van der Waals surface area contributed by atoms with Crippen LogP contribution >= 0.6 is 0 Å². The van der Waals surface area contributed by atoms with Crippen LogP contribution in [0.1, 0.15) is 57.9 Å². The Balaban J connectivity index is 2.46. The third kappa shape index (κ3) is 5.69. The second-order valence-electron chi connectivity index (χ2n) is 7.67. The van der Waals surface area contributed by atoms with Gasteiger partial charge >= 0.3 is 5.97 Å². The lowest BCUT2D eigenvalue weighted by molar-refractivity contribution is -0.140. The highest BCUT2D eigenvalue weighted by molar-refractivity contribution is 5.73. The van der Waals surface area contributed by atoms with Crippen LogP contribution in [0.2, 0.25) is 0 Å². The minimum absolute atomic E-state index is 0.0409. The van der Waals surface area contributed by atoms with Crippen molar-refractivity contribution in [2.45, 2.75) is 66.5 Å². The van der Waals surface area contributed by atoms with E-state index in [1.165, 1.54) is 0 Å². The Labute approximate surface area is 177 Å². The topological polar surface area (TPSA) is 104 Å². The highest BCUT2D eigenvalue weighted by Gasteiger charge is 2.21. The zero-order valence-electron chi connectivity index (χ0n) is 18.5. The van der Waals surface area contributed by atoms with Gasteiger partial charge in [0, 0.05) is 12.1 Å². The quantitative estimate of drug-likeness (QED) is 0.518. The predicted molar refractivity (Wildman–Crippen MR) is 118 cm³/mol. The van der Waals surface area contributed by atoms with Gasteiger partial charge in [0.2, 0.25) is 0 Å². The summed E-state index contributed by atoms with van der Waals surface area (Å²) >= 11 is 0. The molecule has 0 fully saturated rings. The minimum Gasteiger partial charge on any atom is -0.493 e. The van der Waals surface area contributed by atoms with E-state index in [0.717, 1.165) is 17.7 Å². The molecule has 7 heteroatoms. The second kappa shape index (κ2) is 10.9. The van der Waals surface area contributed by atoms with Crippen molar-refractivity contribution >= 4 is 5.97 Å². The van der Waals surface area contributed by atoms with Crippen molar-refractivity contribution < 1.29 is 14.6 Å². The van der Waals surface area contributed by atoms with Gasteiger partial charge in [-0.3, -0.25) is 9.59 Å². The number of aromatic nitrogens is 2. The Morgan fingerprint density at radius 3 is 2.53 bits per heavy atom. The molecular formula is C23H33N3O4. The molecule has 1 aromatic carbocycles.